The van der Waals surface area contributed by atoms with E-state index in [1.807, 2.05) is 31.3 Å². The Morgan fingerprint density at radius 1 is 1.36 bits per heavy atom. The zero-order chi connectivity index (χ0) is 17.8. The van der Waals surface area contributed by atoms with Crippen LogP contribution in [0.1, 0.15) is 5.56 Å². The highest BCUT2D eigenvalue weighted by atomic mass is 35.5. The third-order valence-corrected chi connectivity index (χ3v) is 6.26. The predicted molar refractivity (Wildman–Crippen MR) is 92.3 cm³/mol. The van der Waals surface area contributed by atoms with Gasteiger partial charge in [-0.1, -0.05) is 18.2 Å². The molecule has 2 aliphatic heterocycles. The van der Waals surface area contributed by atoms with Crippen LogP contribution in [0.15, 0.2) is 30.4 Å². The molecule has 1 aliphatic carbocycles. The van der Waals surface area contributed by atoms with Gasteiger partial charge in [-0.3, -0.25) is 5.26 Å². The van der Waals surface area contributed by atoms with Gasteiger partial charge in [0, 0.05) is 18.5 Å². The van der Waals surface area contributed by atoms with Gasteiger partial charge in [0.15, 0.2) is 23.7 Å². The highest BCUT2D eigenvalue weighted by Gasteiger charge is 2.61. The minimum atomic E-state index is -1.38. The van der Waals surface area contributed by atoms with Crippen molar-refractivity contribution < 1.29 is 24.7 Å². The van der Waals surface area contributed by atoms with E-state index in [0.717, 1.165) is 12.0 Å². The number of hydrogen-bond donors (Lipinski definition) is 2. The Kier molecular flexibility index (Phi) is 4.21. The van der Waals surface area contributed by atoms with E-state index in [1.54, 1.807) is 13.2 Å². The van der Waals surface area contributed by atoms with E-state index < -0.39 is 23.2 Å². The van der Waals surface area contributed by atoms with E-state index in [1.165, 1.54) is 0 Å². The molecule has 2 N–H and O–H groups in total. The van der Waals surface area contributed by atoms with E-state index in [2.05, 4.69) is 9.79 Å². The van der Waals surface area contributed by atoms with Gasteiger partial charge >= 0.3 is 0 Å². The Bertz CT molecular complexity index is 698. The van der Waals surface area contributed by atoms with E-state index in [9.17, 15) is 10.4 Å². The summed E-state index contributed by atoms with van der Waals surface area (Å²) in [5.74, 6) is 0.824. The van der Waals surface area contributed by atoms with Crippen LogP contribution in [0, 0.1) is 5.92 Å². The molecule has 1 aromatic rings. The second kappa shape index (κ2) is 6.14. The van der Waals surface area contributed by atoms with Gasteiger partial charge in [-0.25, -0.2) is 4.89 Å². The van der Waals surface area contributed by atoms with Gasteiger partial charge in [0.05, 0.1) is 12.5 Å². The van der Waals surface area contributed by atoms with Crippen molar-refractivity contribution in [1.29, 1.82) is 0 Å². The monoisotopic (exact) mass is 367 g/mol. The number of fused-ring (bicyclic) bond motifs is 2. The van der Waals surface area contributed by atoms with Crippen molar-refractivity contribution in [3.8, 4) is 11.5 Å². The summed E-state index contributed by atoms with van der Waals surface area (Å²) in [6.07, 6.45) is 2.70. The molecular weight excluding hydrogens is 346 g/mol. The lowest BCUT2D eigenvalue weighted by Gasteiger charge is -2.55. The van der Waals surface area contributed by atoms with E-state index in [4.69, 9.17) is 21.1 Å². The van der Waals surface area contributed by atoms with Crippen LogP contribution in [0.3, 0.4) is 0 Å². The van der Waals surface area contributed by atoms with Crippen LogP contribution in [0.2, 0.25) is 0 Å². The molecule has 1 fully saturated rings. The van der Waals surface area contributed by atoms with Gasteiger partial charge in [0.1, 0.15) is 5.60 Å². The molecule has 0 amide bonds. The first-order valence-electron chi connectivity index (χ1n) is 8.37. The lowest BCUT2D eigenvalue weighted by molar-refractivity contribution is -0.303. The molecule has 6 bridgehead atoms. The average molecular weight is 368 g/mol. The topological polar surface area (TPSA) is 71.4 Å². The quantitative estimate of drug-likeness (QED) is 0.359. The van der Waals surface area contributed by atoms with Crippen molar-refractivity contribution in [2.75, 3.05) is 20.7 Å². The number of nitrogens with zero attached hydrogens (tertiary/aromatic N) is 1. The number of ether oxygens (including phenoxy) is 2. The summed E-state index contributed by atoms with van der Waals surface area (Å²) in [7, 11) is 3.58. The molecule has 6 atom stereocenters. The highest BCUT2D eigenvalue weighted by molar-refractivity contribution is 6.21. The molecule has 1 unspecified atom stereocenters. The van der Waals surface area contributed by atoms with Crippen LogP contribution in [0.5, 0.6) is 11.5 Å². The number of likely N-dealkylation sites (N-methyl/N-ethyl adjacent to an activating group) is 1. The fourth-order valence-corrected chi connectivity index (χ4v) is 4.91. The minimum absolute atomic E-state index is 0.0568. The Labute approximate surface area is 151 Å². The van der Waals surface area contributed by atoms with Gasteiger partial charge in [-0.15, -0.1) is 11.6 Å². The summed E-state index contributed by atoms with van der Waals surface area (Å²) < 4.78 is 11.5. The number of rotatable bonds is 2. The van der Waals surface area contributed by atoms with Gasteiger partial charge < -0.3 is 19.5 Å². The standard InChI is InChI=1S/C18H22ClNO5/c1-20-9-16(19)18(21)11-4-6-14(25-22)17(18)24-15-8-10(7-12(11)20)3-5-13(15)23-2/h3-6,8,11-12,14,16-17,21-22H,7,9H2,1-2H3/t11-,12-,14+,16?,17-,18-/m1/s1. The lowest BCUT2D eigenvalue weighted by atomic mass is 9.67. The van der Waals surface area contributed by atoms with Crippen molar-refractivity contribution in [3.63, 3.8) is 0 Å². The van der Waals surface area contributed by atoms with Crippen LogP contribution >= 0.6 is 11.6 Å². The summed E-state index contributed by atoms with van der Waals surface area (Å²) in [5.41, 5.74) is -0.288. The highest BCUT2D eigenvalue weighted by Crippen LogP contribution is 2.47. The molecule has 1 saturated heterocycles. The second-order valence-corrected chi connectivity index (χ2v) is 7.60. The van der Waals surface area contributed by atoms with Gasteiger partial charge in [0.25, 0.3) is 0 Å². The number of aliphatic hydroxyl groups is 1. The van der Waals surface area contributed by atoms with E-state index >= 15 is 0 Å². The maximum atomic E-state index is 11.6. The summed E-state index contributed by atoms with van der Waals surface area (Å²) >= 11 is 6.61. The number of piperidine rings is 1. The number of alkyl halides is 1. The molecule has 0 spiro atoms. The molecule has 7 heteroatoms. The van der Waals surface area contributed by atoms with Crippen molar-refractivity contribution >= 4 is 11.6 Å². The zero-order valence-corrected chi connectivity index (χ0v) is 14.9. The largest absolute Gasteiger partial charge is 0.493 e. The maximum Gasteiger partial charge on any atom is 0.162 e. The number of halogens is 1. The Balaban J connectivity index is 1.90. The van der Waals surface area contributed by atoms with Crippen molar-refractivity contribution in [1.82, 2.24) is 4.90 Å². The smallest absolute Gasteiger partial charge is 0.162 e. The first-order valence-corrected chi connectivity index (χ1v) is 8.81. The molecular formula is C18H22ClNO5. The number of benzene rings is 1. The molecule has 0 aromatic heterocycles. The van der Waals surface area contributed by atoms with Crippen LogP contribution < -0.4 is 9.47 Å². The van der Waals surface area contributed by atoms with Crippen LogP contribution in [-0.2, 0) is 11.3 Å². The van der Waals surface area contributed by atoms with Gasteiger partial charge in [0.2, 0.25) is 0 Å². The van der Waals surface area contributed by atoms with Gasteiger partial charge in [-0.05, 0) is 31.2 Å². The molecule has 0 saturated carbocycles. The molecule has 4 rings (SSSR count). The zero-order valence-electron chi connectivity index (χ0n) is 14.1. The number of methoxy groups -OCH3 is 1. The van der Waals surface area contributed by atoms with Crippen LogP contribution in [0.25, 0.3) is 0 Å². The molecule has 1 aromatic carbocycles. The molecule has 6 nitrogen and oxygen atoms in total. The fraction of sp³-hybridized carbons (Fsp3) is 0.556. The van der Waals surface area contributed by atoms with Gasteiger partial charge in [-0.2, -0.15) is 0 Å². The van der Waals surface area contributed by atoms with Crippen LogP contribution in [0.4, 0.5) is 0 Å². The van der Waals surface area contributed by atoms with Crippen molar-refractivity contribution in [2.24, 2.45) is 5.92 Å². The lowest BCUT2D eigenvalue weighted by Crippen LogP contribution is -2.72. The Hall–Kier alpha value is -1.31. The number of likely N-dealkylation sites (tertiary alicyclic amines) is 1. The molecule has 25 heavy (non-hydrogen) atoms. The summed E-state index contributed by atoms with van der Waals surface area (Å²) in [6, 6.07) is 5.84. The van der Waals surface area contributed by atoms with Crippen molar-refractivity contribution in [2.45, 2.75) is 35.6 Å². The Morgan fingerprint density at radius 3 is 2.88 bits per heavy atom. The molecule has 2 heterocycles. The molecule has 136 valence electrons. The van der Waals surface area contributed by atoms with Crippen LogP contribution in [-0.4, -0.2) is 65.2 Å². The van der Waals surface area contributed by atoms with E-state index in [-0.39, 0.29) is 12.0 Å². The third-order valence-electron chi connectivity index (χ3n) is 5.78. The predicted octanol–water partition coefficient (Wildman–Crippen LogP) is 1.70. The fourth-order valence-electron chi connectivity index (χ4n) is 4.42. The second-order valence-electron chi connectivity index (χ2n) is 7.07. The maximum absolute atomic E-state index is 11.6. The first kappa shape index (κ1) is 17.1. The van der Waals surface area contributed by atoms with Crippen molar-refractivity contribution in [3.05, 3.63) is 35.9 Å². The SMILES string of the molecule is COc1ccc2cc1O[C@@H]1[C@@H](OO)C=C[C@@H]3[C@@H](C2)N(C)CC(Cl)[C@]31O. The van der Waals surface area contributed by atoms with E-state index in [0.29, 0.717) is 18.0 Å². The summed E-state index contributed by atoms with van der Waals surface area (Å²) in [4.78, 5) is 6.78. The third kappa shape index (κ3) is 2.47. The summed E-state index contributed by atoms with van der Waals surface area (Å²) in [6.45, 7) is 0.512. The Morgan fingerprint density at radius 2 is 2.16 bits per heavy atom. The molecule has 3 aliphatic rings. The first-order chi connectivity index (χ1) is 12.0. The minimum Gasteiger partial charge on any atom is -0.493 e. The normalized spacial score (nSPS) is 39.8. The molecule has 0 radical (unpaired) electrons. The average Bonchev–Trinajstić information content (AvgIpc) is 2.61. The summed E-state index contributed by atoms with van der Waals surface area (Å²) in [5, 5.41) is 20.4. The number of hydrogen-bond acceptors (Lipinski definition) is 6.